The molecule has 0 bridgehead atoms. The third-order valence-electron chi connectivity index (χ3n) is 5.03. The van der Waals surface area contributed by atoms with Gasteiger partial charge in [-0.25, -0.2) is 0 Å². The Bertz CT molecular complexity index is 812. The zero-order chi connectivity index (χ0) is 19.2. The predicted molar refractivity (Wildman–Crippen MR) is 108 cm³/mol. The van der Waals surface area contributed by atoms with Crippen LogP contribution in [0, 0.1) is 17.2 Å². The first-order valence-corrected chi connectivity index (χ1v) is 9.65. The van der Waals surface area contributed by atoms with Crippen LogP contribution in [-0.2, 0) is 11.3 Å². The Labute approximate surface area is 162 Å². The first-order chi connectivity index (χ1) is 13.1. The second kappa shape index (κ2) is 8.83. The lowest BCUT2D eigenvalue weighted by atomic mass is 9.99. The van der Waals surface area contributed by atoms with Crippen molar-refractivity contribution >= 4 is 5.91 Å². The monoisotopic (exact) mass is 361 g/mol. The number of carbonyl (C=O) groups excluding carboxylic acids is 1. The number of amides is 1. The molecule has 1 fully saturated rings. The molecule has 27 heavy (non-hydrogen) atoms. The zero-order valence-corrected chi connectivity index (χ0v) is 16.2. The molecule has 1 aliphatic heterocycles. The average molecular weight is 361 g/mol. The number of hydrogen-bond donors (Lipinski definition) is 0. The molecule has 2 aromatic carbocycles. The number of nitriles is 1. The number of carbonyl (C=O) groups is 1. The van der Waals surface area contributed by atoms with Crippen molar-refractivity contribution < 1.29 is 4.79 Å². The summed E-state index contributed by atoms with van der Waals surface area (Å²) in [5.41, 5.74) is 4.01. The summed E-state index contributed by atoms with van der Waals surface area (Å²) in [4.78, 5) is 16.6. The van der Waals surface area contributed by atoms with Crippen molar-refractivity contribution in [3.8, 4) is 17.2 Å². The van der Waals surface area contributed by atoms with Gasteiger partial charge in [0.25, 0.3) is 0 Å². The molecule has 0 aromatic heterocycles. The Balaban J connectivity index is 1.57. The van der Waals surface area contributed by atoms with Crippen LogP contribution in [0.3, 0.4) is 0 Å². The van der Waals surface area contributed by atoms with Crippen LogP contribution in [0.25, 0.3) is 11.1 Å². The molecule has 1 aliphatic rings. The minimum absolute atomic E-state index is 0.283. The van der Waals surface area contributed by atoms with Gasteiger partial charge >= 0.3 is 0 Å². The Morgan fingerprint density at radius 1 is 1.04 bits per heavy atom. The van der Waals surface area contributed by atoms with Crippen LogP contribution < -0.4 is 0 Å². The molecular formula is C23H27N3O. The summed E-state index contributed by atoms with van der Waals surface area (Å²) in [6.45, 7) is 8.55. The van der Waals surface area contributed by atoms with Crippen LogP contribution in [0.2, 0.25) is 0 Å². The molecule has 3 rings (SSSR count). The van der Waals surface area contributed by atoms with E-state index in [0.717, 1.165) is 43.9 Å². The van der Waals surface area contributed by atoms with E-state index in [1.54, 1.807) is 0 Å². The van der Waals surface area contributed by atoms with E-state index >= 15 is 0 Å². The summed E-state index contributed by atoms with van der Waals surface area (Å²) in [5, 5.41) is 9.27. The number of piperazine rings is 1. The van der Waals surface area contributed by atoms with E-state index in [0.29, 0.717) is 17.9 Å². The Morgan fingerprint density at radius 2 is 1.70 bits per heavy atom. The van der Waals surface area contributed by atoms with Crippen molar-refractivity contribution in [3.63, 3.8) is 0 Å². The molecule has 1 heterocycles. The molecule has 4 nitrogen and oxygen atoms in total. The van der Waals surface area contributed by atoms with Crippen molar-refractivity contribution in [2.45, 2.75) is 26.8 Å². The van der Waals surface area contributed by atoms with Gasteiger partial charge in [0, 0.05) is 39.1 Å². The maximum atomic E-state index is 12.2. The molecule has 0 atom stereocenters. The lowest BCUT2D eigenvalue weighted by Gasteiger charge is -2.35. The Morgan fingerprint density at radius 3 is 2.33 bits per heavy atom. The van der Waals surface area contributed by atoms with Gasteiger partial charge in [0.2, 0.25) is 5.91 Å². The van der Waals surface area contributed by atoms with E-state index in [1.165, 1.54) is 5.56 Å². The van der Waals surface area contributed by atoms with Crippen LogP contribution in [0.5, 0.6) is 0 Å². The number of rotatable bonds is 5. The van der Waals surface area contributed by atoms with Gasteiger partial charge in [0.1, 0.15) is 0 Å². The van der Waals surface area contributed by atoms with Crippen molar-refractivity contribution in [2.75, 3.05) is 26.2 Å². The lowest BCUT2D eigenvalue weighted by Crippen LogP contribution is -2.48. The number of nitrogens with zero attached hydrogens (tertiary/aromatic N) is 3. The summed E-state index contributed by atoms with van der Waals surface area (Å²) in [6.07, 6.45) is 0.644. The molecule has 2 aromatic rings. The highest BCUT2D eigenvalue weighted by atomic mass is 16.2. The summed E-state index contributed by atoms with van der Waals surface area (Å²) >= 11 is 0. The second-order valence-corrected chi connectivity index (χ2v) is 7.61. The number of hydrogen-bond acceptors (Lipinski definition) is 3. The van der Waals surface area contributed by atoms with Crippen LogP contribution in [0.4, 0.5) is 0 Å². The van der Waals surface area contributed by atoms with Crippen molar-refractivity contribution in [1.29, 1.82) is 5.26 Å². The smallest absolute Gasteiger partial charge is 0.222 e. The average Bonchev–Trinajstić information content (AvgIpc) is 2.68. The first-order valence-electron chi connectivity index (χ1n) is 9.65. The highest BCUT2D eigenvalue weighted by Crippen LogP contribution is 2.24. The molecule has 140 valence electrons. The van der Waals surface area contributed by atoms with Gasteiger partial charge in [0.05, 0.1) is 11.6 Å². The maximum absolute atomic E-state index is 12.2. The van der Waals surface area contributed by atoms with Crippen molar-refractivity contribution in [1.82, 2.24) is 9.80 Å². The largest absolute Gasteiger partial charge is 0.340 e. The fourth-order valence-electron chi connectivity index (χ4n) is 3.51. The second-order valence-electron chi connectivity index (χ2n) is 7.61. The van der Waals surface area contributed by atoms with E-state index in [2.05, 4.69) is 49.1 Å². The minimum atomic E-state index is 0.283. The molecule has 0 aliphatic carbocycles. The SMILES string of the molecule is CC(C)CC(=O)N1CCN(Cc2ccc(-c3ccccc3C#N)cc2)CC1. The Kier molecular flexibility index (Phi) is 6.26. The topological polar surface area (TPSA) is 47.3 Å². The van der Waals surface area contributed by atoms with Crippen molar-refractivity contribution in [2.24, 2.45) is 5.92 Å². The fourth-order valence-corrected chi connectivity index (χ4v) is 3.51. The molecule has 0 radical (unpaired) electrons. The van der Waals surface area contributed by atoms with Crippen LogP contribution in [0.1, 0.15) is 31.4 Å². The summed E-state index contributed by atoms with van der Waals surface area (Å²) in [7, 11) is 0. The maximum Gasteiger partial charge on any atom is 0.222 e. The van der Waals surface area contributed by atoms with Gasteiger partial charge < -0.3 is 4.90 Å². The van der Waals surface area contributed by atoms with E-state index in [9.17, 15) is 10.1 Å². The van der Waals surface area contributed by atoms with Gasteiger partial charge in [-0.1, -0.05) is 56.3 Å². The van der Waals surface area contributed by atoms with E-state index in [-0.39, 0.29) is 5.91 Å². The molecule has 1 saturated heterocycles. The third-order valence-corrected chi connectivity index (χ3v) is 5.03. The number of benzene rings is 2. The van der Waals surface area contributed by atoms with E-state index < -0.39 is 0 Å². The van der Waals surface area contributed by atoms with E-state index in [4.69, 9.17) is 0 Å². The van der Waals surface area contributed by atoms with Gasteiger partial charge in [-0.3, -0.25) is 9.69 Å². The summed E-state index contributed by atoms with van der Waals surface area (Å²) in [5.74, 6) is 0.699. The van der Waals surface area contributed by atoms with E-state index in [1.807, 2.05) is 29.2 Å². The fraction of sp³-hybridized carbons (Fsp3) is 0.391. The van der Waals surface area contributed by atoms with Gasteiger partial charge in [-0.2, -0.15) is 5.26 Å². The first kappa shape index (κ1) is 19.1. The molecule has 4 heteroatoms. The summed E-state index contributed by atoms with van der Waals surface area (Å²) < 4.78 is 0. The zero-order valence-electron chi connectivity index (χ0n) is 16.2. The molecule has 0 saturated carbocycles. The van der Waals surface area contributed by atoms with Gasteiger partial charge in [-0.15, -0.1) is 0 Å². The predicted octanol–water partition coefficient (Wildman–Crippen LogP) is 3.92. The standard InChI is InChI=1S/C23H27N3O/c1-18(2)15-23(27)26-13-11-25(12-14-26)17-19-7-9-20(10-8-19)22-6-4-3-5-21(22)16-24/h3-10,18H,11-15,17H2,1-2H3. The van der Waals surface area contributed by atoms with Crippen molar-refractivity contribution in [3.05, 3.63) is 59.7 Å². The quantitative estimate of drug-likeness (QED) is 0.811. The van der Waals surface area contributed by atoms with Crippen LogP contribution in [-0.4, -0.2) is 41.9 Å². The van der Waals surface area contributed by atoms with Crippen LogP contribution >= 0.6 is 0 Å². The third kappa shape index (κ3) is 4.96. The Hall–Kier alpha value is -2.64. The molecule has 0 unspecified atom stereocenters. The van der Waals surface area contributed by atoms with Crippen LogP contribution in [0.15, 0.2) is 48.5 Å². The highest BCUT2D eigenvalue weighted by Gasteiger charge is 2.21. The normalized spacial score (nSPS) is 15.0. The highest BCUT2D eigenvalue weighted by molar-refractivity contribution is 5.76. The molecule has 1 amide bonds. The van der Waals surface area contributed by atoms with Gasteiger partial charge in [0.15, 0.2) is 0 Å². The lowest BCUT2D eigenvalue weighted by molar-refractivity contribution is -0.133. The van der Waals surface area contributed by atoms with Gasteiger partial charge in [-0.05, 0) is 28.7 Å². The molecule has 0 spiro atoms. The molecule has 0 N–H and O–H groups in total. The minimum Gasteiger partial charge on any atom is -0.340 e. The summed E-state index contributed by atoms with van der Waals surface area (Å²) in [6, 6.07) is 18.4. The molecular weight excluding hydrogens is 334 g/mol.